The van der Waals surface area contributed by atoms with E-state index in [1.165, 1.54) is 12.4 Å². The van der Waals surface area contributed by atoms with Gasteiger partial charge in [-0.25, -0.2) is 14.2 Å². The topological polar surface area (TPSA) is 79.2 Å². The molecule has 130 valence electrons. The minimum atomic E-state index is -0.378. The van der Waals surface area contributed by atoms with E-state index in [-0.39, 0.29) is 30.4 Å². The Morgan fingerprint density at radius 2 is 2.17 bits per heavy atom. The molecule has 0 bridgehead atoms. The molecule has 0 saturated heterocycles. The van der Waals surface area contributed by atoms with Gasteiger partial charge in [0.2, 0.25) is 0 Å². The first kappa shape index (κ1) is 17.9. The molecule has 0 aliphatic rings. The number of carbonyl (C=O) groups excluding carboxylic acids is 1. The SMILES string of the molecule is CC(C)(CCO)CNC(=O)NCc1ccc(-n2ccnc2)c(F)c1. The van der Waals surface area contributed by atoms with Gasteiger partial charge in [-0.1, -0.05) is 19.9 Å². The number of urea groups is 1. The zero-order valence-electron chi connectivity index (χ0n) is 13.9. The number of nitrogens with one attached hydrogen (secondary N) is 2. The van der Waals surface area contributed by atoms with Crippen LogP contribution in [-0.4, -0.2) is 33.8 Å². The highest BCUT2D eigenvalue weighted by molar-refractivity contribution is 5.73. The van der Waals surface area contributed by atoms with Gasteiger partial charge in [0.05, 0.1) is 12.0 Å². The summed E-state index contributed by atoms with van der Waals surface area (Å²) >= 11 is 0. The lowest BCUT2D eigenvalue weighted by molar-refractivity contribution is 0.201. The van der Waals surface area contributed by atoms with Gasteiger partial charge < -0.3 is 20.3 Å². The summed E-state index contributed by atoms with van der Waals surface area (Å²) in [6.45, 7) is 4.70. The number of carbonyl (C=O) groups is 1. The summed E-state index contributed by atoms with van der Waals surface area (Å²) in [4.78, 5) is 15.7. The summed E-state index contributed by atoms with van der Waals surface area (Å²) in [5.74, 6) is -0.378. The number of imidazole rings is 1. The Morgan fingerprint density at radius 3 is 2.79 bits per heavy atom. The predicted molar refractivity (Wildman–Crippen MR) is 89.2 cm³/mol. The van der Waals surface area contributed by atoms with Gasteiger partial charge in [-0.2, -0.15) is 0 Å². The number of aliphatic hydroxyl groups is 1. The second kappa shape index (κ2) is 7.92. The number of hydrogen-bond donors (Lipinski definition) is 3. The fourth-order valence-corrected chi connectivity index (χ4v) is 2.23. The lowest BCUT2D eigenvalue weighted by Crippen LogP contribution is -2.40. The molecule has 0 spiro atoms. The van der Waals surface area contributed by atoms with Crippen LogP contribution in [0, 0.1) is 11.2 Å². The lowest BCUT2D eigenvalue weighted by Gasteiger charge is -2.23. The zero-order valence-corrected chi connectivity index (χ0v) is 13.9. The minimum absolute atomic E-state index is 0.0822. The largest absolute Gasteiger partial charge is 0.396 e. The van der Waals surface area contributed by atoms with Crippen molar-refractivity contribution in [3.63, 3.8) is 0 Å². The van der Waals surface area contributed by atoms with Crippen molar-refractivity contribution < 1.29 is 14.3 Å². The van der Waals surface area contributed by atoms with Crippen molar-refractivity contribution >= 4 is 6.03 Å². The quantitative estimate of drug-likeness (QED) is 0.726. The molecule has 0 saturated carbocycles. The Hall–Kier alpha value is -2.41. The zero-order chi connectivity index (χ0) is 17.6. The fourth-order valence-electron chi connectivity index (χ4n) is 2.23. The van der Waals surface area contributed by atoms with E-state index >= 15 is 0 Å². The highest BCUT2D eigenvalue weighted by Crippen LogP contribution is 2.18. The number of rotatable bonds is 7. The van der Waals surface area contributed by atoms with Crippen LogP contribution in [0.5, 0.6) is 0 Å². The van der Waals surface area contributed by atoms with Gasteiger partial charge in [-0.15, -0.1) is 0 Å². The summed E-state index contributed by atoms with van der Waals surface area (Å²) in [5.41, 5.74) is 0.901. The Kier molecular flexibility index (Phi) is 5.92. The van der Waals surface area contributed by atoms with Crippen LogP contribution in [0.3, 0.4) is 0 Å². The third-order valence-corrected chi connectivity index (χ3v) is 3.76. The van der Waals surface area contributed by atoms with Crippen molar-refractivity contribution in [1.29, 1.82) is 0 Å². The Balaban J connectivity index is 1.86. The molecule has 7 heteroatoms. The van der Waals surface area contributed by atoms with Gasteiger partial charge in [0, 0.05) is 32.1 Å². The van der Waals surface area contributed by atoms with E-state index in [0.717, 1.165) is 0 Å². The first-order chi connectivity index (χ1) is 11.4. The molecule has 6 nitrogen and oxygen atoms in total. The van der Waals surface area contributed by atoms with Crippen molar-refractivity contribution in [1.82, 2.24) is 20.2 Å². The summed E-state index contributed by atoms with van der Waals surface area (Å²) in [6, 6.07) is 4.48. The molecule has 1 heterocycles. The molecule has 1 aromatic heterocycles. The van der Waals surface area contributed by atoms with E-state index in [9.17, 15) is 9.18 Å². The molecule has 24 heavy (non-hydrogen) atoms. The minimum Gasteiger partial charge on any atom is -0.396 e. The lowest BCUT2D eigenvalue weighted by atomic mass is 9.90. The molecule has 2 amide bonds. The van der Waals surface area contributed by atoms with E-state index in [2.05, 4.69) is 15.6 Å². The van der Waals surface area contributed by atoms with Crippen molar-refractivity contribution in [2.45, 2.75) is 26.8 Å². The van der Waals surface area contributed by atoms with Crippen LogP contribution in [-0.2, 0) is 6.54 Å². The molecular weight excluding hydrogens is 311 g/mol. The van der Waals surface area contributed by atoms with Crippen LogP contribution in [0.1, 0.15) is 25.8 Å². The third kappa shape index (κ3) is 5.06. The Labute approximate surface area is 140 Å². The summed E-state index contributed by atoms with van der Waals surface area (Å²) in [7, 11) is 0. The van der Waals surface area contributed by atoms with Gasteiger partial charge >= 0.3 is 6.03 Å². The second-order valence-electron chi connectivity index (χ2n) is 6.43. The molecular formula is C17H23FN4O2. The summed E-state index contributed by atoms with van der Waals surface area (Å²) in [5, 5.41) is 14.4. The van der Waals surface area contributed by atoms with Crippen molar-refractivity contribution in [2.75, 3.05) is 13.2 Å². The van der Waals surface area contributed by atoms with Crippen molar-refractivity contribution in [3.05, 3.63) is 48.3 Å². The van der Waals surface area contributed by atoms with Gasteiger partial charge in [-0.05, 0) is 29.5 Å². The van der Waals surface area contributed by atoms with Gasteiger partial charge in [0.25, 0.3) is 0 Å². The highest BCUT2D eigenvalue weighted by Gasteiger charge is 2.18. The monoisotopic (exact) mass is 334 g/mol. The van der Waals surface area contributed by atoms with Crippen LogP contribution in [0.2, 0.25) is 0 Å². The molecule has 1 aromatic carbocycles. The molecule has 0 aliphatic heterocycles. The second-order valence-corrected chi connectivity index (χ2v) is 6.43. The maximum atomic E-state index is 14.1. The molecule has 2 aromatic rings. The van der Waals surface area contributed by atoms with Gasteiger partial charge in [0.15, 0.2) is 0 Å². The fraction of sp³-hybridized carbons (Fsp3) is 0.412. The Morgan fingerprint density at radius 1 is 1.38 bits per heavy atom. The maximum absolute atomic E-state index is 14.1. The molecule has 0 radical (unpaired) electrons. The van der Waals surface area contributed by atoms with E-state index in [0.29, 0.717) is 24.2 Å². The van der Waals surface area contributed by atoms with E-state index in [4.69, 9.17) is 5.11 Å². The molecule has 0 aliphatic carbocycles. The average molecular weight is 334 g/mol. The first-order valence-corrected chi connectivity index (χ1v) is 7.80. The highest BCUT2D eigenvalue weighted by atomic mass is 19.1. The number of hydrogen-bond acceptors (Lipinski definition) is 3. The van der Waals surface area contributed by atoms with Gasteiger partial charge in [0.1, 0.15) is 5.82 Å². The standard InChI is InChI=1S/C17H23FN4O2/c1-17(2,5-8-23)11-21-16(24)20-10-13-3-4-15(14(18)9-13)22-7-6-19-12-22/h3-4,6-7,9,12,23H,5,8,10-11H2,1-2H3,(H2,20,21,24). The van der Waals surface area contributed by atoms with E-state index in [1.54, 1.807) is 29.1 Å². The summed E-state index contributed by atoms with van der Waals surface area (Å²) in [6.07, 6.45) is 5.38. The molecule has 3 N–H and O–H groups in total. The number of amides is 2. The molecule has 0 unspecified atom stereocenters. The number of aliphatic hydroxyl groups excluding tert-OH is 1. The van der Waals surface area contributed by atoms with Crippen molar-refractivity contribution in [3.8, 4) is 5.69 Å². The number of halogens is 1. The van der Waals surface area contributed by atoms with E-state index < -0.39 is 0 Å². The summed E-state index contributed by atoms with van der Waals surface area (Å²) < 4.78 is 15.7. The van der Waals surface area contributed by atoms with Crippen LogP contribution in [0.15, 0.2) is 36.9 Å². The van der Waals surface area contributed by atoms with Crippen LogP contribution in [0.4, 0.5) is 9.18 Å². The van der Waals surface area contributed by atoms with Crippen LogP contribution in [0.25, 0.3) is 5.69 Å². The van der Waals surface area contributed by atoms with Gasteiger partial charge in [-0.3, -0.25) is 0 Å². The number of aromatic nitrogens is 2. The normalized spacial score (nSPS) is 11.3. The molecule has 0 fully saturated rings. The van der Waals surface area contributed by atoms with E-state index in [1.807, 2.05) is 13.8 Å². The van der Waals surface area contributed by atoms with Crippen LogP contribution >= 0.6 is 0 Å². The number of benzene rings is 1. The molecule has 2 rings (SSSR count). The Bertz CT molecular complexity index is 671. The number of nitrogens with zero attached hydrogens (tertiary/aromatic N) is 2. The molecule has 0 atom stereocenters. The first-order valence-electron chi connectivity index (χ1n) is 7.80. The third-order valence-electron chi connectivity index (χ3n) is 3.76. The average Bonchev–Trinajstić information content (AvgIpc) is 3.05. The van der Waals surface area contributed by atoms with Crippen LogP contribution < -0.4 is 10.6 Å². The smallest absolute Gasteiger partial charge is 0.315 e. The van der Waals surface area contributed by atoms with Crippen molar-refractivity contribution in [2.24, 2.45) is 5.41 Å². The predicted octanol–water partition coefficient (Wildman–Crippen LogP) is 2.22. The maximum Gasteiger partial charge on any atom is 0.315 e.